The zero-order valence-corrected chi connectivity index (χ0v) is 18.6. The molecule has 1 atom stereocenters. The Hall–Kier alpha value is -3.43. The Balaban J connectivity index is 1.66. The maximum atomic E-state index is 13.4. The molecule has 1 saturated heterocycles. The van der Waals surface area contributed by atoms with Crippen LogP contribution in [0.2, 0.25) is 0 Å². The number of carboxylic acids is 1. The van der Waals surface area contributed by atoms with Crippen LogP contribution >= 0.6 is 11.3 Å². The fourth-order valence-electron chi connectivity index (χ4n) is 3.95. The predicted molar refractivity (Wildman–Crippen MR) is 123 cm³/mol. The molecule has 1 unspecified atom stereocenters. The number of halogens is 1. The molecule has 4 aromatic rings. The van der Waals surface area contributed by atoms with Crippen molar-refractivity contribution >= 4 is 34.0 Å². The molecule has 2 aromatic carbocycles. The lowest BCUT2D eigenvalue weighted by Gasteiger charge is -2.30. The maximum Gasteiger partial charge on any atom is 0.340 e. The van der Waals surface area contributed by atoms with Crippen molar-refractivity contribution in [2.24, 2.45) is 0 Å². The summed E-state index contributed by atoms with van der Waals surface area (Å²) in [7, 11) is 0. The van der Waals surface area contributed by atoms with E-state index in [1.807, 2.05) is 18.4 Å². The molecule has 0 saturated carbocycles. The molecular formula is C24H21FN2O5S. The van der Waals surface area contributed by atoms with E-state index in [1.165, 1.54) is 35.6 Å². The second-order valence-electron chi connectivity index (χ2n) is 7.66. The molecule has 1 aliphatic rings. The molecule has 1 fully saturated rings. The predicted octanol–water partition coefficient (Wildman–Crippen LogP) is 5.37. The first-order chi connectivity index (χ1) is 16.0. The van der Waals surface area contributed by atoms with Gasteiger partial charge < -0.3 is 23.9 Å². The van der Waals surface area contributed by atoms with Crippen molar-refractivity contribution in [2.75, 3.05) is 31.2 Å². The van der Waals surface area contributed by atoms with Gasteiger partial charge in [0.2, 0.25) is 0 Å². The zero-order valence-electron chi connectivity index (χ0n) is 17.8. The number of nitrogens with zero attached hydrogens (tertiary/aromatic N) is 2. The standard InChI is InChI=1S/C24H21FN2O5S/c1-14(23-26-6-11-33-23)31-20-12-17-19(13-18(20)27-7-9-30-10-8-27)32-22(21(17)24(28)29)15-2-4-16(25)5-3-15/h2-6,11-14H,7-10H2,1H3,(H,28,29). The summed E-state index contributed by atoms with van der Waals surface area (Å²) in [6.07, 6.45) is 1.40. The second kappa shape index (κ2) is 8.84. The third-order valence-corrected chi connectivity index (χ3v) is 6.48. The number of ether oxygens (including phenoxy) is 2. The van der Waals surface area contributed by atoms with Crippen LogP contribution in [0.15, 0.2) is 52.4 Å². The number of anilines is 1. The molecule has 1 N–H and O–H groups in total. The fraction of sp³-hybridized carbons (Fsp3) is 0.250. The number of aromatic nitrogens is 1. The first-order valence-electron chi connectivity index (χ1n) is 10.5. The molecule has 0 bridgehead atoms. The Morgan fingerprint density at radius 1 is 1.24 bits per heavy atom. The number of hydrogen-bond acceptors (Lipinski definition) is 7. The fourth-order valence-corrected chi connectivity index (χ4v) is 4.57. The Labute approximate surface area is 193 Å². The van der Waals surface area contributed by atoms with E-state index in [4.69, 9.17) is 13.9 Å². The van der Waals surface area contributed by atoms with Gasteiger partial charge in [-0.1, -0.05) is 0 Å². The molecule has 1 aliphatic heterocycles. The van der Waals surface area contributed by atoms with Crippen LogP contribution in [0.3, 0.4) is 0 Å². The number of morpholine rings is 1. The quantitative estimate of drug-likeness (QED) is 0.407. The summed E-state index contributed by atoms with van der Waals surface area (Å²) in [5.41, 5.74) is 1.71. The lowest BCUT2D eigenvalue weighted by molar-refractivity contribution is 0.0699. The van der Waals surface area contributed by atoms with Gasteiger partial charge in [0.1, 0.15) is 39.6 Å². The van der Waals surface area contributed by atoms with Crippen LogP contribution in [0.25, 0.3) is 22.3 Å². The molecule has 0 aliphatic carbocycles. The summed E-state index contributed by atoms with van der Waals surface area (Å²) in [5, 5.41) is 13.1. The van der Waals surface area contributed by atoms with Gasteiger partial charge in [-0.25, -0.2) is 14.2 Å². The minimum absolute atomic E-state index is 0.0110. The van der Waals surface area contributed by atoms with Crippen molar-refractivity contribution in [2.45, 2.75) is 13.0 Å². The minimum atomic E-state index is -1.13. The minimum Gasteiger partial charge on any atom is -0.481 e. The SMILES string of the molecule is CC(Oc1cc2c(C(=O)O)c(-c3ccc(F)cc3)oc2cc1N1CCOCC1)c1nccs1. The van der Waals surface area contributed by atoms with Gasteiger partial charge in [-0.15, -0.1) is 11.3 Å². The molecule has 7 nitrogen and oxygen atoms in total. The van der Waals surface area contributed by atoms with Crippen LogP contribution in [0, 0.1) is 5.82 Å². The van der Waals surface area contributed by atoms with E-state index in [9.17, 15) is 14.3 Å². The van der Waals surface area contributed by atoms with E-state index >= 15 is 0 Å². The summed E-state index contributed by atoms with van der Waals surface area (Å²) in [5.74, 6) is -0.823. The highest BCUT2D eigenvalue weighted by atomic mass is 32.1. The van der Waals surface area contributed by atoms with Crippen molar-refractivity contribution in [3.63, 3.8) is 0 Å². The highest BCUT2D eigenvalue weighted by Crippen LogP contribution is 2.42. The number of rotatable bonds is 6. The van der Waals surface area contributed by atoms with Gasteiger partial charge in [-0.05, 0) is 37.3 Å². The van der Waals surface area contributed by atoms with Crippen LogP contribution in [-0.4, -0.2) is 42.4 Å². The van der Waals surface area contributed by atoms with E-state index in [0.29, 0.717) is 48.6 Å². The smallest absolute Gasteiger partial charge is 0.340 e. The number of carboxylic acid groups (broad SMARTS) is 1. The molecule has 0 radical (unpaired) electrons. The van der Waals surface area contributed by atoms with Gasteiger partial charge in [-0.3, -0.25) is 0 Å². The van der Waals surface area contributed by atoms with E-state index < -0.39 is 11.8 Å². The van der Waals surface area contributed by atoms with Gasteiger partial charge in [0, 0.05) is 41.7 Å². The topological polar surface area (TPSA) is 85.0 Å². The number of hydrogen-bond donors (Lipinski definition) is 1. The molecule has 33 heavy (non-hydrogen) atoms. The first kappa shape index (κ1) is 21.4. The van der Waals surface area contributed by atoms with E-state index in [2.05, 4.69) is 9.88 Å². The Morgan fingerprint density at radius 3 is 2.67 bits per heavy atom. The lowest BCUT2D eigenvalue weighted by Crippen LogP contribution is -2.36. The Bertz CT molecular complexity index is 1280. The Morgan fingerprint density at radius 2 is 2.00 bits per heavy atom. The van der Waals surface area contributed by atoms with Gasteiger partial charge in [-0.2, -0.15) is 0 Å². The highest BCUT2D eigenvalue weighted by molar-refractivity contribution is 7.09. The average Bonchev–Trinajstić information content (AvgIpc) is 3.48. The molecule has 0 amide bonds. The van der Waals surface area contributed by atoms with Gasteiger partial charge in [0.05, 0.1) is 18.9 Å². The molecular weight excluding hydrogens is 447 g/mol. The first-order valence-corrected chi connectivity index (χ1v) is 11.4. The molecule has 0 spiro atoms. The van der Waals surface area contributed by atoms with Crippen LogP contribution in [0.4, 0.5) is 10.1 Å². The number of fused-ring (bicyclic) bond motifs is 1. The molecule has 170 valence electrons. The van der Waals surface area contributed by atoms with Crippen LogP contribution in [0.5, 0.6) is 5.75 Å². The largest absolute Gasteiger partial charge is 0.481 e. The molecule has 2 aromatic heterocycles. The Kier molecular flexibility index (Phi) is 5.74. The van der Waals surface area contributed by atoms with Crippen molar-refractivity contribution in [3.05, 3.63) is 64.4 Å². The average molecular weight is 469 g/mol. The number of thiazole rings is 1. The van der Waals surface area contributed by atoms with Gasteiger partial charge >= 0.3 is 5.97 Å². The molecule has 5 rings (SSSR count). The number of carbonyl (C=O) groups is 1. The van der Waals surface area contributed by atoms with E-state index in [1.54, 1.807) is 12.3 Å². The third kappa shape index (κ3) is 4.17. The summed E-state index contributed by atoms with van der Waals surface area (Å²) < 4.78 is 31.2. The van der Waals surface area contributed by atoms with Crippen LogP contribution in [0.1, 0.15) is 28.4 Å². The number of aromatic carboxylic acids is 1. The normalized spacial score (nSPS) is 15.0. The summed E-state index contributed by atoms with van der Waals surface area (Å²) in [6, 6.07) is 9.08. The van der Waals surface area contributed by atoms with Crippen molar-refractivity contribution in [1.29, 1.82) is 0 Å². The maximum absolute atomic E-state index is 13.4. The lowest BCUT2D eigenvalue weighted by atomic mass is 10.0. The number of furan rings is 1. The van der Waals surface area contributed by atoms with Crippen molar-refractivity contribution < 1.29 is 28.2 Å². The highest BCUT2D eigenvalue weighted by Gasteiger charge is 2.26. The monoisotopic (exact) mass is 468 g/mol. The third-order valence-electron chi connectivity index (χ3n) is 5.54. The van der Waals surface area contributed by atoms with Crippen molar-refractivity contribution in [1.82, 2.24) is 4.98 Å². The summed E-state index contributed by atoms with van der Waals surface area (Å²) >= 11 is 1.49. The van der Waals surface area contributed by atoms with E-state index in [0.717, 1.165) is 10.7 Å². The zero-order chi connectivity index (χ0) is 22.9. The second-order valence-corrected chi connectivity index (χ2v) is 8.59. The summed E-state index contributed by atoms with van der Waals surface area (Å²) in [4.78, 5) is 18.7. The van der Waals surface area contributed by atoms with Crippen molar-refractivity contribution in [3.8, 4) is 17.1 Å². The van der Waals surface area contributed by atoms with Crippen LogP contribution < -0.4 is 9.64 Å². The van der Waals surface area contributed by atoms with Gasteiger partial charge in [0.15, 0.2) is 0 Å². The molecule has 9 heteroatoms. The van der Waals surface area contributed by atoms with E-state index in [-0.39, 0.29) is 17.4 Å². The number of benzene rings is 2. The van der Waals surface area contributed by atoms with Gasteiger partial charge in [0.25, 0.3) is 0 Å². The summed E-state index contributed by atoms with van der Waals surface area (Å²) in [6.45, 7) is 4.41. The van der Waals surface area contributed by atoms with Crippen LogP contribution in [-0.2, 0) is 4.74 Å². The molecule has 3 heterocycles.